The van der Waals surface area contributed by atoms with Crippen LogP contribution in [0.1, 0.15) is 11.1 Å². The van der Waals surface area contributed by atoms with Crippen molar-refractivity contribution in [2.45, 2.75) is 24.2 Å². The molecular formula is C22H20F3N3O4S. The molecule has 2 N–H and O–H groups in total. The summed E-state index contributed by atoms with van der Waals surface area (Å²) >= 11 is 0. The molecule has 0 bridgehead atoms. The van der Waals surface area contributed by atoms with Crippen LogP contribution in [0.4, 0.5) is 23.7 Å². The Morgan fingerprint density at radius 3 is 2.15 bits per heavy atom. The molecule has 0 fully saturated rings. The lowest BCUT2D eigenvalue weighted by Gasteiger charge is -2.10. The Bertz CT molecular complexity index is 1170. The Hall–Kier alpha value is -3.60. The third-order valence-electron chi connectivity index (χ3n) is 4.49. The van der Waals surface area contributed by atoms with E-state index in [2.05, 4.69) is 20.4 Å². The van der Waals surface area contributed by atoms with E-state index in [4.69, 9.17) is 0 Å². The van der Waals surface area contributed by atoms with E-state index < -0.39 is 22.2 Å². The maximum Gasteiger partial charge on any atom is 0.573 e. The van der Waals surface area contributed by atoms with E-state index in [1.54, 1.807) is 24.5 Å². The van der Waals surface area contributed by atoms with Gasteiger partial charge in [-0.2, -0.15) is 0 Å². The largest absolute Gasteiger partial charge is 0.573 e. The van der Waals surface area contributed by atoms with E-state index in [1.807, 2.05) is 0 Å². The second kappa shape index (κ2) is 10.3. The average Bonchev–Trinajstić information content (AvgIpc) is 2.77. The first-order chi connectivity index (χ1) is 15.6. The number of nitrogens with zero attached hydrogens (tertiary/aromatic N) is 1. The second-order valence-corrected chi connectivity index (χ2v) is 9.06. The van der Waals surface area contributed by atoms with Crippen molar-refractivity contribution in [2.24, 2.45) is 0 Å². The molecule has 174 valence electrons. The lowest BCUT2D eigenvalue weighted by molar-refractivity contribution is -0.274. The SMILES string of the molecule is O=C(NCc1ccncc1)Nc1ccc(S(=O)(=O)CCc2ccc(OC(F)(F)F)cc2)cc1. The van der Waals surface area contributed by atoms with Crippen LogP contribution in [0.15, 0.2) is 78.0 Å². The van der Waals surface area contributed by atoms with Crippen molar-refractivity contribution in [1.82, 2.24) is 10.3 Å². The number of hydrogen-bond acceptors (Lipinski definition) is 5. The van der Waals surface area contributed by atoms with Crippen LogP contribution < -0.4 is 15.4 Å². The number of hydrogen-bond donors (Lipinski definition) is 2. The first-order valence-electron chi connectivity index (χ1n) is 9.72. The first kappa shape index (κ1) is 24.1. The molecule has 7 nitrogen and oxygen atoms in total. The van der Waals surface area contributed by atoms with Gasteiger partial charge in [-0.25, -0.2) is 13.2 Å². The number of rotatable bonds is 8. The Morgan fingerprint density at radius 2 is 1.55 bits per heavy atom. The topological polar surface area (TPSA) is 97.4 Å². The molecule has 33 heavy (non-hydrogen) atoms. The molecule has 0 saturated heterocycles. The van der Waals surface area contributed by atoms with Crippen LogP contribution in [0.25, 0.3) is 0 Å². The molecule has 0 aliphatic carbocycles. The van der Waals surface area contributed by atoms with E-state index >= 15 is 0 Å². The van der Waals surface area contributed by atoms with Crippen molar-refractivity contribution in [3.8, 4) is 5.75 Å². The van der Waals surface area contributed by atoms with Gasteiger partial charge in [0.25, 0.3) is 0 Å². The first-order valence-corrected chi connectivity index (χ1v) is 11.4. The van der Waals surface area contributed by atoms with Crippen LogP contribution in [0.2, 0.25) is 0 Å². The number of benzene rings is 2. The summed E-state index contributed by atoms with van der Waals surface area (Å²) < 4.78 is 65.6. The summed E-state index contributed by atoms with van der Waals surface area (Å²) in [5.41, 5.74) is 1.85. The molecule has 11 heteroatoms. The number of ether oxygens (including phenoxy) is 1. The van der Waals surface area contributed by atoms with Crippen molar-refractivity contribution in [3.63, 3.8) is 0 Å². The number of carbonyl (C=O) groups excluding carboxylic acids is 1. The zero-order chi connectivity index (χ0) is 23.9. The third-order valence-corrected chi connectivity index (χ3v) is 6.22. The fourth-order valence-corrected chi connectivity index (χ4v) is 4.12. The van der Waals surface area contributed by atoms with Gasteiger partial charge < -0.3 is 15.4 Å². The highest BCUT2D eigenvalue weighted by molar-refractivity contribution is 7.91. The molecule has 0 atom stereocenters. The molecule has 3 aromatic rings. The van der Waals surface area contributed by atoms with Crippen molar-refractivity contribution in [1.29, 1.82) is 0 Å². The van der Waals surface area contributed by atoms with Gasteiger partial charge in [0.05, 0.1) is 10.6 Å². The predicted molar refractivity (Wildman–Crippen MR) is 115 cm³/mol. The number of amides is 2. The molecule has 0 aliphatic heterocycles. The highest BCUT2D eigenvalue weighted by Gasteiger charge is 2.31. The number of anilines is 1. The monoisotopic (exact) mass is 479 g/mol. The molecule has 3 rings (SSSR count). The maximum atomic E-state index is 12.6. The normalized spacial score (nSPS) is 11.6. The zero-order valence-electron chi connectivity index (χ0n) is 17.2. The Labute approximate surface area is 188 Å². The summed E-state index contributed by atoms with van der Waals surface area (Å²) in [6.45, 7) is 0.310. The number of nitrogens with one attached hydrogen (secondary N) is 2. The van der Waals surface area contributed by atoms with Gasteiger partial charge in [0.15, 0.2) is 9.84 Å². The second-order valence-electron chi connectivity index (χ2n) is 6.95. The van der Waals surface area contributed by atoms with E-state index in [9.17, 15) is 26.4 Å². The molecule has 0 aliphatic rings. The molecule has 0 saturated carbocycles. The number of alkyl halides is 3. The number of sulfone groups is 1. The molecule has 2 aromatic carbocycles. The van der Waals surface area contributed by atoms with Gasteiger partial charge in [-0.1, -0.05) is 12.1 Å². The number of carbonyl (C=O) groups is 1. The smallest absolute Gasteiger partial charge is 0.406 e. The minimum Gasteiger partial charge on any atom is -0.406 e. The van der Waals surface area contributed by atoms with Crippen LogP contribution in [-0.4, -0.2) is 31.5 Å². The summed E-state index contributed by atoms with van der Waals surface area (Å²) in [4.78, 5) is 16.0. The van der Waals surface area contributed by atoms with Crippen molar-refractivity contribution >= 4 is 21.6 Å². The van der Waals surface area contributed by atoms with Crippen molar-refractivity contribution in [3.05, 3.63) is 84.2 Å². The third kappa shape index (κ3) is 7.79. The summed E-state index contributed by atoms with van der Waals surface area (Å²) in [6, 6.07) is 13.8. The minimum atomic E-state index is -4.79. The average molecular weight is 479 g/mol. The summed E-state index contributed by atoms with van der Waals surface area (Å²) in [7, 11) is -3.63. The van der Waals surface area contributed by atoms with Gasteiger partial charge in [0, 0.05) is 24.6 Å². The zero-order valence-corrected chi connectivity index (χ0v) is 18.0. The molecule has 2 amide bonds. The van der Waals surface area contributed by atoms with Gasteiger partial charge in [-0.15, -0.1) is 13.2 Å². The lowest BCUT2D eigenvalue weighted by atomic mass is 10.2. The quantitative estimate of drug-likeness (QED) is 0.502. The van der Waals surface area contributed by atoms with Gasteiger partial charge in [-0.05, 0) is 66.1 Å². The molecule has 1 heterocycles. The van der Waals surface area contributed by atoms with Crippen LogP contribution in [-0.2, 0) is 22.8 Å². The van der Waals surface area contributed by atoms with E-state index in [-0.39, 0.29) is 22.8 Å². The number of urea groups is 1. The summed E-state index contributed by atoms with van der Waals surface area (Å²) in [5, 5.41) is 5.30. The number of halogens is 3. The Kier molecular flexibility index (Phi) is 7.54. The van der Waals surface area contributed by atoms with Gasteiger partial charge in [-0.3, -0.25) is 4.98 Å². The Balaban J connectivity index is 1.52. The lowest BCUT2D eigenvalue weighted by Crippen LogP contribution is -2.28. The van der Waals surface area contributed by atoms with Crippen LogP contribution >= 0.6 is 0 Å². The van der Waals surface area contributed by atoms with Gasteiger partial charge in [0.1, 0.15) is 5.75 Å². The summed E-state index contributed by atoms with van der Waals surface area (Å²) in [5.74, 6) is -0.604. The van der Waals surface area contributed by atoms with Crippen molar-refractivity contribution in [2.75, 3.05) is 11.1 Å². The number of aryl methyl sites for hydroxylation is 1. The predicted octanol–water partition coefficient (Wildman–Crippen LogP) is 4.32. The maximum absolute atomic E-state index is 12.6. The van der Waals surface area contributed by atoms with Crippen LogP contribution in [0.5, 0.6) is 5.75 Å². The van der Waals surface area contributed by atoms with E-state index in [0.29, 0.717) is 17.8 Å². The molecule has 0 unspecified atom stereocenters. The Morgan fingerprint density at radius 1 is 0.909 bits per heavy atom. The highest BCUT2D eigenvalue weighted by atomic mass is 32.2. The van der Waals surface area contributed by atoms with Crippen LogP contribution in [0, 0.1) is 0 Å². The molecule has 1 aromatic heterocycles. The fourth-order valence-electron chi connectivity index (χ4n) is 2.83. The highest BCUT2D eigenvalue weighted by Crippen LogP contribution is 2.23. The van der Waals surface area contributed by atoms with Gasteiger partial charge in [0.2, 0.25) is 0 Å². The minimum absolute atomic E-state index is 0.0715. The standard InChI is InChI=1S/C22H20F3N3O4S/c23-22(24,25)32-19-5-1-16(2-6-19)11-14-33(30,31)20-7-3-18(4-8-20)28-21(29)27-15-17-9-12-26-13-10-17/h1-10,12-13H,11,14-15H2,(H2,27,28,29). The van der Waals surface area contributed by atoms with Crippen molar-refractivity contribution < 1.29 is 31.1 Å². The fraction of sp³-hybridized carbons (Fsp3) is 0.182. The molecule has 0 spiro atoms. The summed E-state index contributed by atoms with van der Waals surface area (Å²) in [6.07, 6.45) is -1.44. The molecule has 0 radical (unpaired) electrons. The number of pyridine rings is 1. The molecular weight excluding hydrogens is 459 g/mol. The van der Waals surface area contributed by atoms with E-state index in [1.165, 1.54) is 36.4 Å². The van der Waals surface area contributed by atoms with Crippen LogP contribution in [0.3, 0.4) is 0 Å². The van der Waals surface area contributed by atoms with E-state index in [0.717, 1.165) is 17.7 Å². The number of aromatic nitrogens is 1. The van der Waals surface area contributed by atoms with Gasteiger partial charge >= 0.3 is 12.4 Å².